The first-order valence-electron chi connectivity index (χ1n) is 9.38. The molecule has 0 fully saturated rings. The van der Waals surface area contributed by atoms with E-state index in [-0.39, 0.29) is 32.7 Å². The summed E-state index contributed by atoms with van der Waals surface area (Å²) < 4.78 is 20.3. The van der Waals surface area contributed by atoms with Crippen molar-refractivity contribution in [2.75, 3.05) is 19.8 Å². The highest BCUT2D eigenvalue weighted by Gasteiger charge is 2.33. The Bertz CT molecular complexity index is 651. The fourth-order valence-electron chi connectivity index (χ4n) is 1.96. The number of carbonyl (C=O) groups is 3. The third-order valence-corrected chi connectivity index (χ3v) is 4.00. The van der Waals surface area contributed by atoms with Crippen LogP contribution >= 0.6 is 11.6 Å². The predicted molar refractivity (Wildman–Crippen MR) is 112 cm³/mol. The highest BCUT2D eigenvalue weighted by molar-refractivity contribution is 6.19. The van der Waals surface area contributed by atoms with E-state index in [2.05, 4.69) is 11.8 Å². The molecule has 1 unspecified atom stereocenters. The topological polar surface area (TPSA) is 88.1 Å². The maximum Gasteiger partial charge on any atom is 0.509 e. The summed E-state index contributed by atoms with van der Waals surface area (Å²) in [5, 5.41) is 0. The van der Waals surface area contributed by atoms with E-state index in [1.54, 1.807) is 34.6 Å². The summed E-state index contributed by atoms with van der Waals surface area (Å²) in [6, 6.07) is 0. The maximum atomic E-state index is 12.1. The molecule has 0 N–H and O–H groups in total. The Morgan fingerprint density at radius 3 is 1.53 bits per heavy atom. The molecule has 0 saturated heterocycles. The largest absolute Gasteiger partial charge is 0.509 e. The van der Waals surface area contributed by atoms with Gasteiger partial charge in [0.15, 0.2) is 5.56 Å². The van der Waals surface area contributed by atoms with E-state index >= 15 is 0 Å². The van der Waals surface area contributed by atoms with Crippen molar-refractivity contribution < 1.29 is 33.3 Å². The first-order valence-corrected chi connectivity index (χ1v) is 9.81. The molecule has 0 aromatic heterocycles. The van der Waals surface area contributed by atoms with E-state index in [1.165, 1.54) is 6.92 Å². The molecule has 0 spiro atoms. The standard InChI is InChI=1S/C22H31ClO7/c1-9-20(4,5)11-17(24)27-13-22(8,15-29-19(26)30-16(3)23)14-28-18(25)12-21(6,7)10-2/h1-2,16H,11-15H2,3-8H3. The summed E-state index contributed by atoms with van der Waals surface area (Å²) in [5.41, 5.74) is -3.24. The van der Waals surface area contributed by atoms with Crippen molar-refractivity contribution in [2.45, 2.75) is 59.9 Å². The third kappa shape index (κ3) is 12.2. The third-order valence-electron chi connectivity index (χ3n) is 3.91. The van der Waals surface area contributed by atoms with Gasteiger partial charge in [-0.3, -0.25) is 9.59 Å². The van der Waals surface area contributed by atoms with Crippen molar-refractivity contribution in [3.8, 4) is 24.7 Å². The van der Waals surface area contributed by atoms with E-state index in [4.69, 9.17) is 43.4 Å². The molecule has 0 heterocycles. The molecule has 168 valence electrons. The van der Waals surface area contributed by atoms with Gasteiger partial charge in [-0.15, -0.1) is 12.8 Å². The van der Waals surface area contributed by atoms with E-state index in [0.29, 0.717) is 0 Å². The van der Waals surface area contributed by atoms with Crippen molar-refractivity contribution in [1.82, 2.24) is 0 Å². The van der Waals surface area contributed by atoms with Crippen LogP contribution in [0.4, 0.5) is 4.79 Å². The van der Waals surface area contributed by atoms with E-state index in [9.17, 15) is 14.4 Å². The zero-order chi connectivity index (χ0) is 23.6. The summed E-state index contributed by atoms with van der Waals surface area (Å²) in [4.78, 5) is 35.9. The summed E-state index contributed by atoms with van der Waals surface area (Å²) in [6.45, 7) is 9.40. The van der Waals surface area contributed by atoms with Crippen LogP contribution in [-0.2, 0) is 28.5 Å². The summed E-state index contributed by atoms with van der Waals surface area (Å²) >= 11 is 5.58. The normalized spacial score (nSPS) is 12.7. The van der Waals surface area contributed by atoms with Crippen molar-refractivity contribution >= 4 is 29.7 Å². The first kappa shape index (κ1) is 27.6. The van der Waals surface area contributed by atoms with Crippen LogP contribution in [0.1, 0.15) is 54.4 Å². The van der Waals surface area contributed by atoms with E-state index < -0.39 is 39.9 Å². The number of rotatable bonds is 11. The van der Waals surface area contributed by atoms with Gasteiger partial charge in [0.05, 0.1) is 18.3 Å². The lowest BCUT2D eigenvalue weighted by Crippen LogP contribution is -2.37. The van der Waals surface area contributed by atoms with Crippen molar-refractivity contribution in [1.29, 1.82) is 0 Å². The number of carbonyl (C=O) groups excluding carboxylic acids is 3. The van der Waals surface area contributed by atoms with Crippen LogP contribution in [0, 0.1) is 40.9 Å². The fraction of sp³-hybridized carbons (Fsp3) is 0.682. The van der Waals surface area contributed by atoms with Crippen LogP contribution in [0.15, 0.2) is 0 Å². The first-order chi connectivity index (χ1) is 13.6. The van der Waals surface area contributed by atoms with E-state index in [0.717, 1.165) is 0 Å². The number of halogens is 1. The lowest BCUT2D eigenvalue weighted by molar-refractivity contribution is -0.157. The quantitative estimate of drug-likeness (QED) is 0.207. The minimum atomic E-state index is -1.03. The molecule has 0 rings (SSSR count). The van der Waals surface area contributed by atoms with Crippen LogP contribution < -0.4 is 0 Å². The molecule has 8 heteroatoms. The highest BCUT2D eigenvalue weighted by Crippen LogP contribution is 2.24. The van der Waals surface area contributed by atoms with E-state index in [1.807, 2.05) is 0 Å². The molecule has 0 amide bonds. The second-order valence-electron chi connectivity index (χ2n) is 8.74. The van der Waals surface area contributed by atoms with Gasteiger partial charge < -0.3 is 18.9 Å². The summed E-state index contributed by atoms with van der Waals surface area (Å²) in [7, 11) is 0. The van der Waals surface area contributed by atoms with Gasteiger partial charge in [-0.2, -0.15) is 0 Å². The van der Waals surface area contributed by atoms with Gasteiger partial charge in [0.1, 0.15) is 19.8 Å². The number of hydrogen-bond donors (Lipinski definition) is 0. The molecular weight excluding hydrogens is 412 g/mol. The lowest BCUT2D eigenvalue weighted by Gasteiger charge is -2.29. The number of esters is 2. The minimum absolute atomic E-state index is 0.00237. The maximum absolute atomic E-state index is 12.1. The monoisotopic (exact) mass is 442 g/mol. The van der Waals surface area contributed by atoms with Crippen LogP contribution in [0.5, 0.6) is 0 Å². The molecule has 30 heavy (non-hydrogen) atoms. The summed E-state index contributed by atoms with van der Waals surface area (Å²) in [5.74, 6) is 3.97. The van der Waals surface area contributed by atoms with Gasteiger partial charge in [0, 0.05) is 10.8 Å². The molecule has 0 bridgehead atoms. The van der Waals surface area contributed by atoms with Crippen LogP contribution in [0.25, 0.3) is 0 Å². The van der Waals surface area contributed by atoms with Gasteiger partial charge >= 0.3 is 18.1 Å². The Labute approximate surface area is 184 Å². The molecule has 1 atom stereocenters. The van der Waals surface area contributed by atoms with Crippen molar-refractivity contribution in [3.63, 3.8) is 0 Å². The number of terminal acetylenes is 2. The van der Waals surface area contributed by atoms with Crippen LogP contribution in [0.3, 0.4) is 0 Å². The van der Waals surface area contributed by atoms with Crippen molar-refractivity contribution in [3.05, 3.63) is 0 Å². The van der Waals surface area contributed by atoms with Gasteiger partial charge in [-0.1, -0.05) is 23.4 Å². The minimum Gasteiger partial charge on any atom is -0.465 e. The van der Waals surface area contributed by atoms with Gasteiger partial charge in [0.25, 0.3) is 0 Å². The zero-order valence-electron chi connectivity index (χ0n) is 18.5. The second kappa shape index (κ2) is 11.7. The number of alkyl halides is 1. The second-order valence-corrected chi connectivity index (χ2v) is 9.36. The van der Waals surface area contributed by atoms with Gasteiger partial charge in [0.2, 0.25) is 0 Å². The average Bonchev–Trinajstić information content (AvgIpc) is 2.62. The van der Waals surface area contributed by atoms with Gasteiger partial charge in [-0.05, 0) is 41.5 Å². The Morgan fingerprint density at radius 2 is 1.20 bits per heavy atom. The zero-order valence-corrected chi connectivity index (χ0v) is 19.3. The Balaban J connectivity index is 5.05. The predicted octanol–water partition coefficient (Wildman–Crippen LogP) is 3.92. The molecule has 0 aliphatic heterocycles. The molecule has 0 aromatic carbocycles. The smallest absolute Gasteiger partial charge is 0.465 e. The molecule has 0 radical (unpaired) electrons. The summed E-state index contributed by atoms with van der Waals surface area (Å²) in [6.07, 6.45) is 9.78. The van der Waals surface area contributed by atoms with Crippen molar-refractivity contribution in [2.24, 2.45) is 16.2 Å². The Hall–Kier alpha value is -2.38. The Kier molecular flexibility index (Phi) is 10.8. The fourth-order valence-corrected chi connectivity index (χ4v) is 2.03. The molecule has 0 saturated carbocycles. The number of hydrogen-bond acceptors (Lipinski definition) is 7. The molecular formula is C22H31ClO7. The van der Waals surface area contributed by atoms with Gasteiger partial charge in [-0.25, -0.2) is 4.79 Å². The lowest BCUT2D eigenvalue weighted by atomic mass is 9.90. The SMILES string of the molecule is C#CC(C)(C)CC(=O)OCC(C)(COC(=O)CC(C)(C)C#C)COC(=O)OC(C)Cl. The molecule has 0 aliphatic rings. The number of ether oxygens (including phenoxy) is 4. The average molecular weight is 443 g/mol. The molecule has 0 aliphatic carbocycles. The van der Waals surface area contributed by atoms with Crippen LogP contribution in [-0.4, -0.2) is 43.5 Å². The Morgan fingerprint density at radius 1 is 0.833 bits per heavy atom. The molecule has 7 nitrogen and oxygen atoms in total. The highest BCUT2D eigenvalue weighted by atomic mass is 35.5. The molecule has 0 aromatic rings. The van der Waals surface area contributed by atoms with Crippen LogP contribution in [0.2, 0.25) is 0 Å².